The van der Waals surface area contributed by atoms with E-state index in [9.17, 15) is 4.39 Å². The summed E-state index contributed by atoms with van der Waals surface area (Å²) in [6, 6.07) is 16.4. The van der Waals surface area contributed by atoms with Gasteiger partial charge in [-0.2, -0.15) is 5.10 Å². The van der Waals surface area contributed by atoms with Crippen LogP contribution in [0.2, 0.25) is 0 Å². The maximum atomic E-state index is 13.3. The number of aromatic amines is 1. The summed E-state index contributed by atoms with van der Waals surface area (Å²) in [5, 5.41) is 11.4. The summed E-state index contributed by atoms with van der Waals surface area (Å²) in [7, 11) is 0. The predicted molar refractivity (Wildman–Crippen MR) is 105 cm³/mol. The van der Waals surface area contributed by atoms with Crippen LogP contribution in [-0.4, -0.2) is 20.2 Å². The van der Waals surface area contributed by atoms with Gasteiger partial charge in [-0.25, -0.2) is 14.4 Å². The number of rotatable bonds is 5. The second-order valence-electron chi connectivity index (χ2n) is 6.52. The Labute approximate surface area is 156 Å². The highest BCUT2D eigenvalue weighted by molar-refractivity contribution is 5.90. The van der Waals surface area contributed by atoms with E-state index in [2.05, 4.69) is 22.4 Å². The largest absolute Gasteiger partial charge is 0.323 e. The molecule has 1 atom stereocenters. The third kappa shape index (κ3) is 3.51. The molecule has 0 aliphatic heterocycles. The molecule has 0 saturated carbocycles. The first kappa shape index (κ1) is 17.1. The normalized spacial score (nSPS) is 12.3. The number of nitrogens with one attached hydrogen (secondary N) is 2. The van der Waals surface area contributed by atoms with Gasteiger partial charge in [0.25, 0.3) is 0 Å². The first-order valence-corrected chi connectivity index (χ1v) is 8.95. The van der Waals surface area contributed by atoms with Crippen LogP contribution >= 0.6 is 0 Å². The van der Waals surface area contributed by atoms with Gasteiger partial charge in [0.15, 0.2) is 5.82 Å². The van der Waals surface area contributed by atoms with Gasteiger partial charge in [-0.15, -0.1) is 0 Å². The number of aromatic nitrogens is 4. The molecule has 0 aliphatic rings. The molecule has 4 aromatic rings. The number of aryl methyl sites for hydroxylation is 1. The highest BCUT2D eigenvalue weighted by Crippen LogP contribution is 2.30. The second-order valence-corrected chi connectivity index (χ2v) is 6.52. The summed E-state index contributed by atoms with van der Waals surface area (Å²) >= 11 is 0. The number of hydrogen-bond acceptors (Lipinski definition) is 4. The third-order valence-corrected chi connectivity index (χ3v) is 4.57. The monoisotopic (exact) mass is 361 g/mol. The van der Waals surface area contributed by atoms with E-state index in [1.54, 1.807) is 12.1 Å². The van der Waals surface area contributed by atoms with Crippen LogP contribution in [0, 0.1) is 12.7 Å². The van der Waals surface area contributed by atoms with E-state index in [0.717, 1.165) is 28.6 Å². The van der Waals surface area contributed by atoms with Crippen LogP contribution in [0.4, 0.5) is 16.0 Å². The fourth-order valence-corrected chi connectivity index (χ4v) is 3.21. The number of benzene rings is 2. The molecule has 0 bridgehead atoms. The topological polar surface area (TPSA) is 66.5 Å². The van der Waals surface area contributed by atoms with Crippen LogP contribution < -0.4 is 5.32 Å². The van der Waals surface area contributed by atoms with E-state index in [4.69, 9.17) is 9.97 Å². The van der Waals surface area contributed by atoms with Crippen LogP contribution in [0.5, 0.6) is 0 Å². The Bertz CT molecular complexity index is 1070. The lowest BCUT2D eigenvalue weighted by atomic mass is 9.95. The van der Waals surface area contributed by atoms with Crippen molar-refractivity contribution in [1.82, 2.24) is 20.2 Å². The summed E-state index contributed by atoms with van der Waals surface area (Å²) in [4.78, 5) is 9.59. The maximum Gasteiger partial charge on any atom is 0.153 e. The molecule has 27 heavy (non-hydrogen) atoms. The van der Waals surface area contributed by atoms with Crippen molar-refractivity contribution in [3.8, 4) is 0 Å². The predicted octanol–water partition coefficient (Wildman–Crippen LogP) is 5.09. The molecule has 6 heteroatoms. The molecule has 0 saturated heterocycles. The molecule has 0 aliphatic carbocycles. The molecule has 4 rings (SSSR count). The number of halogens is 1. The van der Waals surface area contributed by atoms with Crippen molar-refractivity contribution in [1.29, 1.82) is 0 Å². The number of fused-ring (bicyclic) bond motifs is 1. The summed E-state index contributed by atoms with van der Waals surface area (Å²) < 4.78 is 13.3. The minimum Gasteiger partial charge on any atom is -0.323 e. The van der Waals surface area contributed by atoms with Crippen molar-refractivity contribution in [2.45, 2.75) is 26.2 Å². The van der Waals surface area contributed by atoms with Gasteiger partial charge in [-0.05, 0) is 43.2 Å². The lowest BCUT2D eigenvalue weighted by molar-refractivity contribution is 0.625. The van der Waals surface area contributed by atoms with E-state index in [0.29, 0.717) is 17.5 Å². The molecule has 2 aromatic carbocycles. The van der Waals surface area contributed by atoms with Gasteiger partial charge in [0.2, 0.25) is 0 Å². The summed E-state index contributed by atoms with van der Waals surface area (Å²) in [5.74, 6) is 1.86. The van der Waals surface area contributed by atoms with E-state index < -0.39 is 0 Å². The zero-order valence-corrected chi connectivity index (χ0v) is 15.2. The van der Waals surface area contributed by atoms with Gasteiger partial charge < -0.3 is 5.32 Å². The number of para-hydroxylation sites is 1. The Hall–Kier alpha value is -3.28. The van der Waals surface area contributed by atoms with Gasteiger partial charge in [0.05, 0.1) is 5.52 Å². The molecule has 0 spiro atoms. The third-order valence-electron chi connectivity index (χ3n) is 4.57. The number of anilines is 2. The fourth-order valence-electron chi connectivity index (χ4n) is 3.21. The second kappa shape index (κ2) is 7.15. The quantitative estimate of drug-likeness (QED) is 0.520. The van der Waals surface area contributed by atoms with Crippen LogP contribution in [0.15, 0.2) is 54.6 Å². The molecule has 2 N–H and O–H groups in total. The van der Waals surface area contributed by atoms with E-state index >= 15 is 0 Å². The van der Waals surface area contributed by atoms with Gasteiger partial charge in [0.1, 0.15) is 17.5 Å². The Morgan fingerprint density at radius 1 is 1.07 bits per heavy atom. The number of hydrogen-bond donors (Lipinski definition) is 2. The summed E-state index contributed by atoms with van der Waals surface area (Å²) in [6.07, 6.45) is 0.810. The van der Waals surface area contributed by atoms with Gasteiger partial charge >= 0.3 is 0 Å². The number of H-pyrrole nitrogens is 1. The molecule has 1 unspecified atom stereocenters. The van der Waals surface area contributed by atoms with Crippen LogP contribution in [0.3, 0.4) is 0 Å². The van der Waals surface area contributed by atoms with Crippen molar-refractivity contribution < 1.29 is 4.39 Å². The molecule has 0 radical (unpaired) electrons. The van der Waals surface area contributed by atoms with Crippen molar-refractivity contribution in [3.63, 3.8) is 0 Å². The summed E-state index contributed by atoms with van der Waals surface area (Å²) in [6.45, 7) is 4.03. The molecule has 0 amide bonds. The molecular formula is C21H20FN5. The minimum absolute atomic E-state index is 0.0170. The van der Waals surface area contributed by atoms with E-state index in [1.165, 1.54) is 12.1 Å². The van der Waals surface area contributed by atoms with Gasteiger partial charge in [-0.1, -0.05) is 31.2 Å². The Morgan fingerprint density at radius 3 is 2.56 bits per heavy atom. The molecule has 5 nitrogen and oxygen atoms in total. The molecular weight excluding hydrogens is 341 g/mol. The van der Waals surface area contributed by atoms with Crippen molar-refractivity contribution in [2.24, 2.45) is 0 Å². The molecule has 0 fully saturated rings. The first-order valence-electron chi connectivity index (χ1n) is 8.95. The lowest BCUT2D eigenvalue weighted by Gasteiger charge is -2.16. The molecule has 2 heterocycles. The van der Waals surface area contributed by atoms with Crippen molar-refractivity contribution >= 4 is 22.5 Å². The van der Waals surface area contributed by atoms with Crippen molar-refractivity contribution in [2.75, 3.05) is 5.32 Å². The van der Waals surface area contributed by atoms with E-state index in [1.807, 2.05) is 37.3 Å². The first-order chi connectivity index (χ1) is 13.1. The number of nitrogens with zero attached hydrogens (tertiary/aromatic N) is 3. The van der Waals surface area contributed by atoms with Crippen LogP contribution in [0.25, 0.3) is 10.9 Å². The average Bonchev–Trinajstić information content (AvgIpc) is 3.09. The maximum absolute atomic E-state index is 13.3. The van der Waals surface area contributed by atoms with Crippen molar-refractivity contribution in [3.05, 3.63) is 77.5 Å². The average molecular weight is 361 g/mol. The van der Waals surface area contributed by atoms with Gasteiger partial charge in [-0.3, -0.25) is 5.10 Å². The van der Waals surface area contributed by atoms with E-state index in [-0.39, 0.29) is 11.7 Å². The zero-order valence-electron chi connectivity index (χ0n) is 15.2. The van der Waals surface area contributed by atoms with Crippen LogP contribution in [-0.2, 0) is 0 Å². The Balaban J connectivity index is 1.81. The van der Waals surface area contributed by atoms with Gasteiger partial charge in [0, 0.05) is 23.1 Å². The zero-order chi connectivity index (χ0) is 18.8. The Kier molecular flexibility index (Phi) is 4.54. The SMILES string of the molecule is CCC(c1ccc(F)cc1)c1nc(Nc2cc(C)[nH]n2)c2ccccc2n1. The lowest BCUT2D eigenvalue weighted by Crippen LogP contribution is -2.08. The highest BCUT2D eigenvalue weighted by atomic mass is 19.1. The standard InChI is InChI=1S/C21H20FN5/c1-3-16(14-8-10-15(22)11-9-14)20-23-18-7-5-4-6-17(18)21(25-20)24-19-12-13(2)26-27-19/h4-12,16H,3H2,1-2H3,(H2,23,24,25,26,27). The molecule has 2 aromatic heterocycles. The van der Waals surface area contributed by atoms with Crippen LogP contribution in [0.1, 0.15) is 36.3 Å². The summed E-state index contributed by atoms with van der Waals surface area (Å²) in [5.41, 5.74) is 2.82. The highest BCUT2D eigenvalue weighted by Gasteiger charge is 2.18. The smallest absolute Gasteiger partial charge is 0.153 e. The Morgan fingerprint density at radius 2 is 1.85 bits per heavy atom. The molecule has 136 valence electrons. The fraction of sp³-hybridized carbons (Fsp3) is 0.190. The minimum atomic E-state index is -0.246.